The molecule has 132 valence electrons. The molecular weight excluding hydrogens is 326 g/mol. The van der Waals surface area contributed by atoms with E-state index in [9.17, 15) is 4.79 Å². The van der Waals surface area contributed by atoms with Gasteiger partial charge in [-0.25, -0.2) is 4.98 Å². The number of aryl methyl sites for hydroxylation is 2. The maximum Gasteiger partial charge on any atom is 0.255 e. The van der Waals surface area contributed by atoms with Crippen LogP contribution in [0.4, 0.5) is 17.2 Å². The highest BCUT2D eigenvalue weighted by Gasteiger charge is 2.07. The molecule has 0 saturated carbocycles. The monoisotopic (exact) mass is 347 g/mol. The maximum atomic E-state index is 12.3. The number of hydrogen-bond donors (Lipinski definition) is 2. The van der Waals surface area contributed by atoms with E-state index in [1.165, 1.54) is 5.56 Å². The summed E-state index contributed by atoms with van der Waals surface area (Å²) in [4.78, 5) is 16.6. The Hall–Kier alpha value is -3.34. The fourth-order valence-corrected chi connectivity index (χ4v) is 2.58. The lowest BCUT2D eigenvalue weighted by Crippen LogP contribution is -2.12. The second kappa shape index (κ2) is 7.70. The Kier molecular flexibility index (Phi) is 5.17. The summed E-state index contributed by atoms with van der Waals surface area (Å²) >= 11 is 0. The van der Waals surface area contributed by atoms with Gasteiger partial charge in [0.15, 0.2) is 0 Å². The first-order chi connectivity index (χ1) is 12.5. The minimum absolute atomic E-state index is 0.190. The molecule has 2 aromatic carbocycles. The molecule has 3 rings (SSSR count). The SMILES string of the molecule is COc1ccc(C(=O)Nc2ccc(Nc3ccc(C)cc3C)nc2)cc1. The van der Waals surface area contributed by atoms with Crippen molar-refractivity contribution < 1.29 is 9.53 Å². The zero-order valence-electron chi connectivity index (χ0n) is 15.0. The van der Waals surface area contributed by atoms with Gasteiger partial charge in [-0.15, -0.1) is 0 Å². The number of hydrogen-bond acceptors (Lipinski definition) is 4. The first-order valence-electron chi connectivity index (χ1n) is 8.31. The van der Waals surface area contributed by atoms with Crippen LogP contribution in [-0.4, -0.2) is 18.0 Å². The number of ether oxygens (including phenoxy) is 1. The number of methoxy groups -OCH3 is 1. The average molecular weight is 347 g/mol. The number of aromatic nitrogens is 1. The van der Waals surface area contributed by atoms with Crippen LogP contribution in [0.1, 0.15) is 21.5 Å². The largest absolute Gasteiger partial charge is 0.497 e. The van der Waals surface area contributed by atoms with Crippen molar-refractivity contribution in [1.82, 2.24) is 4.98 Å². The van der Waals surface area contributed by atoms with Gasteiger partial charge >= 0.3 is 0 Å². The Morgan fingerprint density at radius 1 is 1.00 bits per heavy atom. The van der Waals surface area contributed by atoms with Crippen molar-refractivity contribution in [2.45, 2.75) is 13.8 Å². The molecule has 0 aliphatic carbocycles. The Bertz CT molecular complexity index is 904. The molecule has 0 saturated heterocycles. The molecule has 1 amide bonds. The summed E-state index contributed by atoms with van der Waals surface area (Å²) in [5.41, 5.74) is 4.58. The summed E-state index contributed by atoms with van der Waals surface area (Å²) in [5, 5.41) is 6.12. The molecule has 5 heteroatoms. The average Bonchev–Trinajstić information content (AvgIpc) is 2.65. The van der Waals surface area contributed by atoms with E-state index < -0.39 is 0 Å². The molecule has 0 spiro atoms. The van der Waals surface area contributed by atoms with Crippen LogP contribution in [0.3, 0.4) is 0 Å². The number of carbonyl (C=O) groups excluding carboxylic acids is 1. The van der Waals surface area contributed by atoms with Gasteiger partial charge in [0.1, 0.15) is 11.6 Å². The highest BCUT2D eigenvalue weighted by molar-refractivity contribution is 6.04. The highest BCUT2D eigenvalue weighted by atomic mass is 16.5. The van der Waals surface area contributed by atoms with Crippen molar-refractivity contribution in [3.05, 3.63) is 77.5 Å². The van der Waals surface area contributed by atoms with Crippen LogP contribution >= 0.6 is 0 Å². The number of anilines is 3. The van der Waals surface area contributed by atoms with Crippen molar-refractivity contribution in [3.8, 4) is 5.75 Å². The number of pyridine rings is 1. The van der Waals surface area contributed by atoms with Crippen LogP contribution in [0, 0.1) is 13.8 Å². The van der Waals surface area contributed by atoms with Crippen LogP contribution in [0.15, 0.2) is 60.8 Å². The molecule has 0 fully saturated rings. The van der Waals surface area contributed by atoms with Gasteiger partial charge < -0.3 is 15.4 Å². The molecule has 5 nitrogen and oxygen atoms in total. The van der Waals surface area contributed by atoms with Crippen LogP contribution in [0.5, 0.6) is 5.75 Å². The molecule has 3 aromatic rings. The Morgan fingerprint density at radius 3 is 2.38 bits per heavy atom. The van der Waals surface area contributed by atoms with Gasteiger partial charge in [0.2, 0.25) is 0 Å². The van der Waals surface area contributed by atoms with Crippen LogP contribution in [0.25, 0.3) is 0 Å². The molecule has 1 heterocycles. The number of nitrogens with zero attached hydrogens (tertiary/aromatic N) is 1. The number of carbonyl (C=O) groups is 1. The summed E-state index contributed by atoms with van der Waals surface area (Å²) in [6, 6.07) is 16.8. The van der Waals surface area contributed by atoms with Crippen molar-refractivity contribution in [1.29, 1.82) is 0 Å². The van der Waals surface area contributed by atoms with E-state index in [-0.39, 0.29) is 5.91 Å². The predicted octanol–water partition coefficient (Wildman–Crippen LogP) is 4.70. The lowest BCUT2D eigenvalue weighted by Gasteiger charge is -2.10. The normalized spacial score (nSPS) is 10.3. The smallest absolute Gasteiger partial charge is 0.255 e. The number of amides is 1. The molecule has 1 aromatic heterocycles. The topological polar surface area (TPSA) is 63.2 Å². The van der Waals surface area contributed by atoms with Crippen LogP contribution < -0.4 is 15.4 Å². The van der Waals surface area contributed by atoms with E-state index in [1.54, 1.807) is 37.6 Å². The van der Waals surface area contributed by atoms with E-state index in [2.05, 4.69) is 41.6 Å². The van der Waals surface area contributed by atoms with E-state index in [4.69, 9.17) is 4.74 Å². The molecule has 26 heavy (non-hydrogen) atoms. The molecule has 0 unspecified atom stereocenters. The molecule has 2 N–H and O–H groups in total. The molecule has 0 atom stereocenters. The summed E-state index contributed by atoms with van der Waals surface area (Å²) in [6.07, 6.45) is 1.63. The lowest BCUT2D eigenvalue weighted by molar-refractivity contribution is 0.102. The fraction of sp³-hybridized carbons (Fsp3) is 0.143. The predicted molar refractivity (Wildman–Crippen MR) is 104 cm³/mol. The van der Waals surface area contributed by atoms with E-state index >= 15 is 0 Å². The van der Waals surface area contributed by atoms with Crippen LogP contribution in [-0.2, 0) is 0 Å². The first kappa shape index (κ1) is 17.5. The molecule has 0 aliphatic rings. The maximum absolute atomic E-state index is 12.3. The second-order valence-corrected chi connectivity index (χ2v) is 6.06. The molecule has 0 aliphatic heterocycles. The highest BCUT2D eigenvalue weighted by Crippen LogP contribution is 2.21. The summed E-state index contributed by atoms with van der Waals surface area (Å²) < 4.78 is 5.10. The Morgan fingerprint density at radius 2 is 1.77 bits per heavy atom. The van der Waals surface area contributed by atoms with E-state index in [0.29, 0.717) is 17.0 Å². The minimum atomic E-state index is -0.190. The summed E-state index contributed by atoms with van der Waals surface area (Å²) in [6.45, 7) is 4.12. The van der Waals surface area contributed by atoms with Gasteiger partial charge in [-0.1, -0.05) is 17.7 Å². The van der Waals surface area contributed by atoms with Crippen molar-refractivity contribution in [2.24, 2.45) is 0 Å². The van der Waals surface area contributed by atoms with Crippen molar-refractivity contribution in [3.63, 3.8) is 0 Å². The third-order valence-electron chi connectivity index (χ3n) is 4.02. The molecule has 0 radical (unpaired) electrons. The lowest BCUT2D eigenvalue weighted by atomic mass is 10.1. The first-order valence-corrected chi connectivity index (χ1v) is 8.31. The number of nitrogens with one attached hydrogen (secondary N) is 2. The Balaban J connectivity index is 1.66. The van der Waals surface area contributed by atoms with Gasteiger partial charge in [-0.05, 0) is 61.9 Å². The van der Waals surface area contributed by atoms with Gasteiger partial charge in [-0.2, -0.15) is 0 Å². The number of rotatable bonds is 5. The van der Waals surface area contributed by atoms with Gasteiger partial charge in [0.05, 0.1) is 19.0 Å². The summed E-state index contributed by atoms with van der Waals surface area (Å²) in [7, 11) is 1.59. The standard InChI is InChI=1S/C21H21N3O2/c1-14-4-10-19(15(2)12-14)24-20-11-7-17(13-22-20)23-21(25)16-5-8-18(26-3)9-6-16/h4-13H,1-3H3,(H,22,24)(H,23,25). The molecular formula is C21H21N3O2. The van der Waals surface area contributed by atoms with Crippen molar-refractivity contribution >= 4 is 23.1 Å². The zero-order chi connectivity index (χ0) is 18.5. The van der Waals surface area contributed by atoms with Crippen molar-refractivity contribution in [2.75, 3.05) is 17.7 Å². The van der Waals surface area contributed by atoms with Crippen LogP contribution in [0.2, 0.25) is 0 Å². The second-order valence-electron chi connectivity index (χ2n) is 6.06. The zero-order valence-corrected chi connectivity index (χ0v) is 15.0. The third kappa shape index (κ3) is 4.19. The van der Waals surface area contributed by atoms with Gasteiger partial charge in [0.25, 0.3) is 5.91 Å². The molecule has 0 bridgehead atoms. The quantitative estimate of drug-likeness (QED) is 0.702. The minimum Gasteiger partial charge on any atom is -0.497 e. The number of benzene rings is 2. The van der Waals surface area contributed by atoms with Gasteiger partial charge in [-0.3, -0.25) is 4.79 Å². The van der Waals surface area contributed by atoms with E-state index in [1.807, 2.05) is 18.2 Å². The van der Waals surface area contributed by atoms with E-state index in [0.717, 1.165) is 17.1 Å². The summed E-state index contributed by atoms with van der Waals surface area (Å²) in [5.74, 6) is 1.24. The van der Waals surface area contributed by atoms with Gasteiger partial charge in [0, 0.05) is 11.3 Å². The third-order valence-corrected chi connectivity index (χ3v) is 4.02. The Labute approximate surface area is 153 Å². The fourth-order valence-electron chi connectivity index (χ4n) is 2.58.